The molecule has 0 spiro atoms. The molecular weight excluding hydrogens is 272 g/mol. The molecule has 0 saturated carbocycles. The van der Waals surface area contributed by atoms with Crippen molar-refractivity contribution in [2.24, 2.45) is 0 Å². The fourth-order valence-electron chi connectivity index (χ4n) is 2.43. The zero-order valence-corrected chi connectivity index (χ0v) is 10.9. The van der Waals surface area contributed by atoms with Crippen LogP contribution in [0, 0.1) is 0 Å². The number of fused-ring (bicyclic) bond motifs is 1. The van der Waals surface area contributed by atoms with Crippen LogP contribution < -0.4 is 10.2 Å². The molecule has 2 amide bonds. The van der Waals surface area contributed by atoms with Crippen molar-refractivity contribution in [3.8, 4) is 0 Å². The van der Waals surface area contributed by atoms with E-state index in [-0.39, 0.29) is 16.9 Å². The molecule has 3 rings (SSSR count). The first-order valence-electron chi connectivity index (χ1n) is 6.26. The Morgan fingerprint density at radius 2 is 1.67 bits per heavy atom. The van der Waals surface area contributed by atoms with Gasteiger partial charge in [-0.3, -0.25) is 4.90 Å². The Bertz CT molecular complexity index is 717. The summed E-state index contributed by atoms with van der Waals surface area (Å²) in [6, 6.07) is 13.7. The summed E-state index contributed by atoms with van der Waals surface area (Å²) in [4.78, 5) is 24.8. The van der Waals surface area contributed by atoms with Crippen molar-refractivity contribution >= 4 is 23.4 Å². The summed E-state index contributed by atoms with van der Waals surface area (Å²) in [5.74, 6) is -1.52. The monoisotopic (exact) mass is 284 g/mol. The summed E-state index contributed by atoms with van der Waals surface area (Å²) in [6.45, 7) is 0. The Labute approximate surface area is 120 Å². The maximum absolute atomic E-state index is 12.3. The minimum Gasteiger partial charge on any atom is -0.477 e. The van der Waals surface area contributed by atoms with E-state index in [0.717, 1.165) is 4.90 Å². The molecule has 0 saturated heterocycles. The number of rotatable bonds is 2. The molecule has 21 heavy (non-hydrogen) atoms. The highest BCUT2D eigenvalue weighted by Crippen LogP contribution is 2.39. The second-order valence-corrected chi connectivity index (χ2v) is 4.62. The van der Waals surface area contributed by atoms with Gasteiger partial charge in [0, 0.05) is 11.3 Å². The Morgan fingerprint density at radius 1 is 1.05 bits per heavy atom. The number of amides is 2. The molecule has 1 atom stereocenters. The Hall–Kier alpha value is -2.86. The van der Waals surface area contributed by atoms with Crippen molar-refractivity contribution in [1.29, 1.82) is 0 Å². The predicted molar refractivity (Wildman–Crippen MR) is 75.9 cm³/mol. The van der Waals surface area contributed by atoms with Crippen LogP contribution in [0.2, 0.25) is 0 Å². The van der Waals surface area contributed by atoms with Crippen molar-refractivity contribution in [3.63, 3.8) is 0 Å². The lowest BCUT2D eigenvalue weighted by atomic mass is 9.96. The number of aliphatic carboxylic acids is 1. The fourth-order valence-corrected chi connectivity index (χ4v) is 2.43. The van der Waals surface area contributed by atoms with Crippen molar-refractivity contribution in [2.75, 3.05) is 10.2 Å². The lowest BCUT2D eigenvalue weighted by Gasteiger charge is -2.40. The van der Waals surface area contributed by atoms with Gasteiger partial charge >= 0.3 is 12.0 Å². The summed E-state index contributed by atoms with van der Waals surface area (Å²) in [6.07, 6.45) is 0. The van der Waals surface area contributed by atoms with Gasteiger partial charge in [0.15, 0.2) is 0 Å². The second kappa shape index (κ2) is 4.60. The number of para-hydroxylation sites is 2. The fraction of sp³-hybridized carbons (Fsp3) is 0.0667. The van der Waals surface area contributed by atoms with E-state index in [1.54, 1.807) is 48.5 Å². The van der Waals surface area contributed by atoms with E-state index in [1.165, 1.54) is 6.07 Å². The van der Waals surface area contributed by atoms with Gasteiger partial charge in [-0.1, -0.05) is 36.4 Å². The highest BCUT2D eigenvalue weighted by molar-refractivity contribution is 6.10. The van der Waals surface area contributed by atoms with Crippen LogP contribution in [0.3, 0.4) is 0 Å². The third-order valence-corrected chi connectivity index (χ3v) is 3.38. The number of carbonyl (C=O) groups excluding carboxylic acids is 1. The van der Waals surface area contributed by atoms with Crippen molar-refractivity contribution in [3.05, 3.63) is 60.2 Å². The van der Waals surface area contributed by atoms with E-state index >= 15 is 0 Å². The quantitative estimate of drug-likeness (QED) is 0.786. The van der Waals surface area contributed by atoms with Crippen LogP contribution in [-0.4, -0.2) is 22.2 Å². The van der Waals surface area contributed by atoms with Gasteiger partial charge in [-0.25, -0.2) is 9.59 Å². The first kappa shape index (κ1) is 13.1. The zero-order valence-electron chi connectivity index (χ0n) is 10.9. The van der Waals surface area contributed by atoms with E-state index in [4.69, 9.17) is 0 Å². The van der Waals surface area contributed by atoms with Crippen LogP contribution in [0.1, 0.15) is 5.56 Å². The highest BCUT2D eigenvalue weighted by atomic mass is 16.4. The maximum atomic E-state index is 12.3. The van der Waals surface area contributed by atoms with Crippen LogP contribution in [0.5, 0.6) is 0 Å². The van der Waals surface area contributed by atoms with Crippen LogP contribution in [0.15, 0.2) is 54.6 Å². The minimum atomic E-state index is -2.46. The molecule has 0 radical (unpaired) electrons. The Morgan fingerprint density at radius 3 is 2.33 bits per heavy atom. The molecule has 1 heterocycles. The molecule has 1 unspecified atom stereocenters. The number of hydrogen-bond donors (Lipinski definition) is 3. The third-order valence-electron chi connectivity index (χ3n) is 3.38. The molecule has 6 heteroatoms. The van der Waals surface area contributed by atoms with E-state index in [9.17, 15) is 19.8 Å². The van der Waals surface area contributed by atoms with Gasteiger partial charge in [-0.05, 0) is 18.2 Å². The molecule has 3 N–H and O–H groups in total. The lowest BCUT2D eigenvalue weighted by molar-refractivity contribution is -0.158. The largest absolute Gasteiger partial charge is 0.477 e. The average molecular weight is 284 g/mol. The van der Waals surface area contributed by atoms with E-state index in [0.29, 0.717) is 0 Å². The predicted octanol–water partition coefficient (Wildman–Crippen LogP) is 1.97. The number of aliphatic hydroxyl groups is 1. The van der Waals surface area contributed by atoms with Gasteiger partial charge in [-0.15, -0.1) is 0 Å². The van der Waals surface area contributed by atoms with Crippen LogP contribution in [0.4, 0.5) is 16.2 Å². The van der Waals surface area contributed by atoms with Gasteiger partial charge in [0.05, 0.1) is 5.69 Å². The van der Waals surface area contributed by atoms with Crippen LogP contribution in [-0.2, 0) is 10.5 Å². The third kappa shape index (κ3) is 1.85. The average Bonchev–Trinajstić information content (AvgIpc) is 2.48. The second-order valence-electron chi connectivity index (χ2n) is 4.62. The molecule has 106 valence electrons. The summed E-state index contributed by atoms with van der Waals surface area (Å²) < 4.78 is 0. The molecule has 6 nitrogen and oxygen atoms in total. The molecule has 0 aromatic heterocycles. The topological polar surface area (TPSA) is 89.9 Å². The lowest BCUT2D eigenvalue weighted by Crippen LogP contribution is -2.59. The molecule has 2 aromatic carbocycles. The number of carbonyl (C=O) groups is 2. The van der Waals surface area contributed by atoms with Gasteiger partial charge in [0.1, 0.15) is 0 Å². The molecule has 0 fully saturated rings. The number of nitrogens with zero attached hydrogens (tertiary/aromatic N) is 1. The number of nitrogens with one attached hydrogen (secondary N) is 1. The van der Waals surface area contributed by atoms with Gasteiger partial charge in [0.25, 0.3) is 5.72 Å². The number of carboxylic acid groups (broad SMARTS) is 1. The van der Waals surface area contributed by atoms with Crippen molar-refractivity contribution in [2.45, 2.75) is 5.72 Å². The minimum absolute atomic E-state index is 0.112. The van der Waals surface area contributed by atoms with Gasteiger partial charge in [0.2, 0.25) is 0 Å². The van der Waals surface area contributed by atoms with Crippen LogP contribution >= 0.6 is 0 Å². The normalized spacial score (nSPS) is 20.6. The van der Waals surface area contributed by atoms with Gasteiger partial charge < -0.3 is 15.5 Å². The molecule has 1 aliphatic heterocycles. The Kier molecular flexibility index (Phi) is 2.88. The van der Waals surface area contributed by atoms with Crippen molar-refractivity contribution in [1.82, 2.24) is 0 Å². The summed E-state index contributed by atoms with van der Waals surface area (Å²) in [5.41, 5.74) is -1.78. The maximum Gasteiger partial charge on any atom is 0.363 e. The molecule has 1 aliphatic rings. The number of anilines is 2. The number of carboxylic acids is 1. The molecular formula is C15H12N2O4. The van der Waals surface area contributed by atoms with Gasteiger partial charge in [-0.2, -0.15) is 0 Å². The van der Waals surface area contributed by atoms with E-state index < -0.39 is 17.7 Å². The summed E-state index contributed by atoms with van der Waals surface area (Å²) >= 11 is 0. The standard InChI is InChI=1S/C15H12N2O4/c18-13(19)15(21)11-8-4-5-9-12(11)16-14(20)17(15)10-6-2-1-3-7-10/h1-9,21H,(H,16,20)(H,18,19). The zero-order chi connectivity index (χ0) is 15.0. The number of hydrogen-bond acceptors (Lipinski definition) is 3. The number of benzene rings is 2. The smallest absolute Gasteiger partial charge is 0.363 e. The van der Waals surface area contributed by atoms with Crippen molar-refractivity contribution < 1.29 is 19.8 Å². The summed E-state index contributed by atoms with van der Waals surface area (Å²) in [5, 5.41) is 22.9. The first-order valence-corrected chi connectivity index (χ1v) is 6.26. The number of urea groups is 1. The first-order chi connectivity index (χ1) is 10.0. The molecule has 2 aromatic rings. The summed E-state index contributed by atoms with van der Waals surface area (Å²) in [7, 11) is 0. The molecule has 0 aliphatic carbocycles. The van der Waals surface area contributed by atoms with E-state index in [2.05, 4.69) is 5.32 Å². The SMILES string of the molecule is O=C1Nc2ccccc2C(O)(C(=O)O)N1c1ccccc1. The van der Waals surface area contributed by atoms with Crippen LogP contribution in [0.25, 0.3) is 0 Å². The molecule has 0 bridgehead atoms. The highest BCUT2D eigenvalue weighted by Gasteiger charge is 2.52. The van der Waals surface area contributed by atoms with E-state index in [1.807, 2.05) is 0 Å². The Balaban J connectivity index is 2.25.